The van der Waals surface area contributed by atoms with Gasteiger partial charge in [-0.3, -0.25) is 4.98 Å². The van der Waals surface area contributed by atoms with Crippen LogP contribution >= 0.6 is 0 Å². The van der Waals surface area contributed by atoms with Crippen LogP contribution in [0.15, 0.2) is 18.7 Å². The Morgan fingerprint density at radius 1 is 1.56 bits per heavy atom. The lowest BCUT2D eigenvalue weighted by atomic mass is 9.99. The highest BCUT2D eigenvalue weighted by atomic mass is 16.3. The second-order valence-electron chi connectivity index (χ2n) is 4.03. The zero-order chi connectivity index (χ0) is 12.1. The molecule has 0 spiro atoms. The van der Waals surface area contributed by atoms with Crippen molar-refractivity contribution in [2.45, 2.75) is 39.3 Å². The third-order valence-corrected chi connectivity index (χ3v) is 2.74. The monoisotopic (exact) mass is 220 g/mol. The number of aliphatic hydroxyl groups is 1. The first-order valence-corrected chi connectivity index (χ1v) is 5.55. The van der Waals surface area contributed by atoms with Crippen molar-refractivity contribution in [3.63, 3.8) is 0 Å². The van der Waals surface area contributed by atoms with E-state index in [-0.39, 0.29) is 0 Å². The van der Waals surface area contributed by atoms with Gasteiger partial charge in [0.25, 0.3) is 0 Å². The van der Waals surface area contributed by atoms with Crippen LogP contribution in [0, 0.1) is 13.8 Å². The molecule has 1 heterocycles. The molecule has 3 heteroatoms. The van der Waals surface area contributed by atoms with Gasteiger partial charge in [0.2, 0.25) is 0 Å². The molecule has 3 nitrogen and oxygen atoms in total. The van der Waals surface area contributed by atoms with Crippen LogP contribution < -0.4 is 5.73 Å². The normalized spacial score (nSPS) is 12.5. The quantitative estimate of drug-likeness (QED) is 0.742. The van der Waals surface area contributed by atoms with Gasteiger partial charge in [-0.25, -0.2) is 0 Å². The van der Waals surface area contributed by atoms with Crippen molar-refractivity contribution in [2.24, 2.45) is 5.73 Å². The van der Waals surface area contributed by atoms with E-state index in [9.17, 15) is 5.11 Å². The fourth-order valence-corrected chi connectivity index (χ4v) is 1.86. The average Bonchev–Trinajstić information content (AvgIpc) is 2.25. The zero-order valence-electron chi connectivity index (χ0n) is 10.0. The number of aryl methyl sites for hydroxylation is 3. The molecule has 0 amide bonds. The first-order chi connectivity index (χ1) is 7.58. The second kappa shape index (κ2) is 5.77. The minimum atomic E-state index is -0.445. The molecular weight excluding hydrogens is 200 g/mol. The number of hydrogen-bond donors (Lipinski definition) is 2. The van der Waals surface area contributed by atoms with Gasteiger partial charge in [0.05, 0.1) is 6.10 Å². The molecule has 0 aliphatic rings. The van der Waals surface area contributed by atoms with Gasteiger partial charge in [0, 0.05) is 17.9 Å². The van der Waals surface area contributed by atoms with Crippen LogP contribution in [0.4, 0.5) is 0 Å². The van der Waals surface area contributed by atoms with Crippen molar-refractivity contribution < 1.29 is 5.11 Å². The number of nitrogens with two attached hydrogens (primary N) is 1. The predicted molar refractivity (Wildman–Crippen MR) is 66.1 cm³/mol. The summed E-state index contributed by atoms with van der Waals surface area (Å²) in [4.78, 5) is 4.39. The van der Waals surface area contributed by atoms with Crippen molar-refractivity contribution >= 4 is 0 Å². The van der Waals surface area contributed by atoms with E-state index in [1.54, 1.807) is 6.08 Å². The van der Waals surface area contributed by atoms with E-state index >= 15 is 0 Å². The molecule has 1 rings (SSSR count). The first kappa shape index (κ1) is 12.9. The minimum absolute atomic E-state index is 0.445. The Kier molecular flexibility index (Phi) is 4.65. The summed E-state index contributed by atoms with van der Waals surface area (Å²) >= 11 is 0. The molecule has 0 aliphatic heterocycles. The molecule has 3 N–H and O–H groups in total. The largest absolute Gasteiger partial charge is 0.389 e. The highest BCUT2D eigenvalue weighted by Gasteiger charge is 2.08. The highest BCUT2D eigenvalue weighted by molar-refractivity contribution is 5.32. The van der Waals surface area contributed by atoms with Crippen molar-refractivity contribution in [3.8, 4) is 0 Å². The van der Waals surface area contributed by atoms with E-state index in [0.717, 1.165) is 23.4 Å². The van der Waals surface area contributed by atoms with Gasteiger partial charge in [-0.15, -0.1) is 6.58 Å². The van der Waals surface area contributed by atoms with Crippen molar-refractivity contribution in [1.29, 1.82) is 0 Å². The summed E-state index contributed by atoms with van der Waals surface area (Å²) in [6, 6.07) is 2.05. The summed E-state index contributed by atoms with van der Waals surface area (Å²) in [5.74, 6) is 0. The molecule has 0 radical (unpaired) electrons. The van der Waals surface area contributed by atoms with Gasteiger partial charge in [-0.05, 0) is 43.9 Å². The number of nitrogens with zero attached hydrogens (tertiary/aromatic N) is 1. The maximum absolute atomic E-state index is 9.46. The van der Waals surface area contributed by atoms with Gasteiger partial charge in [0.1, 0.15) is 0 Å². The lowest BCUT2D eigenvalue weighted by Gasteiger charge is -2.12. The van der Waals surface area contributed by atoms with Gasteiger partial charge in [0.15, 0.2) is 0 Å². The number of hydrogen-bond acceptors (Lipinski definition) is 3. The zero-order valence-corrected chi connectivity index (χ0v) is 10.0. The third kappa shape index (κ3) is 3.15. The summed E-state index contributed by atoms with van der Waals surface area (Å²) in [6.07, 6.45) is 2.60. The molecule has 0 aliphatic carbocycles. The molecule has 88 valence electrons. The summed E-state index contributed by atoms with van der Waals surface area (Å²) in [6.45, 7) is 8.01. The van der Waals surface area contributed by atoms with Crippen LogP contribution in [0.5, 0.6) is 0 Å². The van der Waals surface area contributed by atoms with Crippen LogP contribution in [0.1, 0.15) is 28.9 Å². The van der Waals surface area contributed by atoms with E-state index in [1.807, 2.05) is 19.9 Å². The van der Waals surface area contributed by atoms with Gasteiger partial charge in [-0.1, -0.05) is 6.08 Å². The Morgan fingerprint density at radius 3 is 2.81 bits per heavy atom. The van der Waals surface area contributed by atoms with Crippen LogP contribution in [0.3, 0.4) is 0 Å². The minimum Gasteiger partial charge on any atom is -0.389 e. The van der Waals surface area contributed by atoms with E-state index in [4.69, 9.17) is 5.73 Å². The molecule has 0 saturated heterocycles. The summed E-state index contributed by atoms with van der Waals surface area (Å²) in [7, 11) is 0. The number of aliphatic hydroxyl groups excluding tert-OH is 1. The predicted octanol–water partition coefficient (Wildman–Crippen LogP) is 1.64. The number of rotatable bonds is 5. The van der Waals surface area contributed by atoms with Crippen molar-refractivity contribution in [2.75, 3.05) is 0 Å². The standard InChI is InChI=1S/C13H20N2O/c1-4-12(16)6-5-11-7-9(2)15-10(3)13(11)8-14/h4,7,12,16H,1,5-6,8,14H2,2-3H3. The Labute approximate surface area is 97.0 Å². The lowest BCUT2D eigenvalue weighted by molar-refractivity contribution is 0.213. The number of aromatic nitrogens is 1. The van der Waals surface area contributed by atoms with Crippen LogP contribution in [0.25, 0.3) is 0 Å². The fraction of sp³-hybridized carbons (Fsp3) is 0.462. The summed E-state index contributed by atoms with van der Waals surface area (Å²) in [5, 5.41) is 9.46. The van der Waals surface area contributed by atoms with E-state index in [0.29, 0.717) is 13.0 Å². The Hall–Kier alpha value is -1.19. The molecule has 1 aromatic rings. The maximum atomic E-state index is 9.46. The Morgan fingerprint density at radius 2 is 2.25 bits per heavy atom. The highest BCUT2D eigenvalue weighted by Crippen LogP contribution is 2.16. The fourth-order valence-electron chi connectivity index (χ4n) is 1.86. The summed E-state index contributed by atoms with van der Waals surface area (Å²) in [5.41, 5.74) is 9.99. The topological polar surface area (TPSA) is 59.1 Å². The molecule has 0 bridgehead atoms. The molecule has 1 aromatic heterocycles. The van der Waals surface area contributed by atoms with Gasteiger partial charge < -0.3 is 10.8 Å². The van der Waals surface area contributed by atoms with Crippen molar-refractivity contribution in [3.05, 3.63) is 41.2 Å². The Balaban J connectivity index is 2.89. The average molecular weight is 220 g/mol. The first-order valence-electron chi connectivity index (χ1n) is 5.55. The molecule has 0 saturated carbocycles. The molecular formula is C13H20N2O. The van der Waals surface area contributed by atoms with Gasteiger partial charge in [-0.2, -0.15) is 0 Å². The molecule has 1 unspecified atom stereocenters. The summed E-state index contributed by atoms with van der Waals surface area (Å²) < 4.78 is 0. The van der Waals surface area contributed by atoms with Crippen molar-refractivity contribution in [1.82, 2.24) is 4.98 Å². The smallest absolute Gasteiger partial charge is 0.0721 e. The second-order valence-corrected chi connectivity index (χ2v) is 4.03. The van der Waals surface area contributed by atoms with Crippen LogP contribution in [-0.2, 0) is 13.0 Å². The van der Waals surface area contributed by atoms with E-state index in [1.165, 1.54) is 5.56 Å². The molecule has 0 fully saturated rings. The molecule has 16 heavy (non-hydrogen) atoms. The SMILES string of the molecule is C=CC(O)CCc1cc(C)nc(C)c1CN. The number of pyridine rings is 1. The Bertz CT molecular complexity index is 374. The van der Waals surface area contributed by atoms with Gasteiger partial charge >= 0.3 is 0 Å². The lowest BCUT2D eigenvalue weighted by Crippen LogP contribution is -2.10. The molecule has 0 aromatic carbocycles. The third-order valence-electron chi connectivity index (χ3n) is 2.74. The van der Waals surface area contributed by atoms with E-state index in [2.05, 4.69) is 11.6 Å². The maximum Gasteiger partial charge on any atom is 0.0721 e. The molecule has 1 atom stereocenters. The van der Waals surface area contributed by atoms with Crippen LogP contribution in [0.2, 0.25) is 0 Å². The van der Waals surface area contributed by atoms with Crippen LogP contribution in [-0.4, -0.2) is 16.2 Å². The van der Waals surface area contributed by atoms with E-state index < -0.39 is 6.10 Å².